The number of aromatic hydroxyl groups is 1. The molecule has 0 spiro atoms. The van der Waals surface area contributed by atoms with Gasteiger partial charge in [-0.3, -0.25) is 4.79 Å². The topological polar surface area (TPSA) is 52.6 Å². The van der Waals surface area contributed by atoms with Gasteiger partial charge in [-0.05, 0) is 32.0 Å². The zero-order chi connectivity index (χ0) is 13.7. The molecule has 0 saturated heterocycles. The monoisotopic (exact) mass is 314 g/mol. The standard InChI is InChI=1S/C13H19BrN2O2/c1-4-16(3)13(18)9(2)15-8-10-7-11(14)5-6-12(10)17/h5-7,9,15,17H,4,8H2,1-3H3. The van der Waals surface area contributed by atoms with E-state index in [1.54, 1.807) is 24.1 Å². The van der Waals surface area contributed by atoms with Gasteiger partial charge in [0.15, 0.2) is 0 Å². The van der Waals surface area contributed by atoms with Gasteiger partial charge in [0, 0.05) is 30.2 Å². The molecule has 0 saturated carbocycles. The average Bonchev–Trinajstić information content (AvgIpc) is 2.37. The van der Waals surface area contributed by atoms with Gasteiger partial charge in [0.1, 0.15) is 5.75 Å². The minimum atomic E-state index is -0.270. The summed E-state index contributed by atoms with van der Waals surface area (Å²) in [4.78, 5) is 13.5. The van der Waals surface area contributed by atoms with Crippen LogP contribution in [-0.4, -0.2) is 35.5 Å². The summed E-state index contributed by atoms with van der Waals surface area (Å²) in [7, 11) is 1.77. The van der Waals surface area contributed by atoms with Crippen molar-refractivity contribution in [2.75, 3.05) is 13.6 Å². The third-order valence-corrected chi connectivity index (χ3v) is 3.35. The lowest BCUT2D eigenvalue weighted by atomic mass is 10.2. The summed E-state index contributed by atoms with van der Waals surface area (Å²) in [6, 6.07) is 4.97. The summed E-state index contributed by atoms with van der Waals surface area (Å²) >= 11 is 3.35. The van der Waals surface area contributed by atoms with Gasteiger partial charge in [0.2, 0.25) is 5.91 Å². The first-order valence-corrected chi connectivity index (χ1v) is 6.70. The Morgan fingerprint density at radius 3 is 2.83 bits per heavy atom. The van der Waals surface area contributed by atoms with Crippen LogP contribution in [0.2, 0.25) is 0 Å². The number of nitrogens with one attached hydrogen (secondary N) is 1. The molecule has 18 heavy (non-hydrogen) atoms. The molecule has 1 amide bonds. The molecule has 0 radical (unpaired) electrons. The Bertz CT molecular complexity index is 423. The summed E-state index contributed by atoms with van der Waals surface area (Å²) in [6.07, 6.45) is 0. The van der Waals surface area contributed by atoms with E-state index in [1.807, 2.05) is 19.9 Å². The maximum Gasteiger partial charge on any atom is 0.239 e. The van der Waals surface area contributed by atoms with E-state index in [9.17, 15) is 9.90 Å². The van der Waals surface area contributed by atoms with Crippen LogP contribution in [0.3, 0.4) is 0 Å². The molecule has 0 aliphatic rings. The van der Waals surface area contributed by atoms with Gasteiger partial charge >= 0.3 is 0 Å². The zero-order valence-electron chi connectivity index (χ0n) is 10.9. The maximum atomic E-state index is 11.8. The Morgan fingerprint density at radius 2 is 2.22 bits per heavy atom. The molecule has 0 heterocycles. The fraction of sp³-hybridized carbons (Fsp3) is 0.462. The largest absolute Gasteiger partial charge is 0.508 e. The fourth-order valence-corrected chi connectivity index (χ4v) is 1.94. The smallest absolute Gasteiger partial charge is 0.239 e. The SMILES string of the molecule is CCN(C)C(=O)C(C)NCc1cc(Br)ccc1O. The molecule has 1 rings (SSSR count). The van der Waals surface area contributed by atoms with Crippen molar-refractivity contribution in [3.05, 3.63) is 28.2 Å². The highest BCUT2D eigenvalue weighted by molar-refractivity contribution is 9.10. The number of carbonyl (C=O) groups excluding carboxylic acids is 1. The van der Waals surface area contributed by atoms with Gasteiger partial charge < -0.3 is 15.3 Å². The summed E-state index contributed by atoms with van der Waals surface area (Å²) in [6.45, 7) is 4.90. The van der Waals surface area contributed by atoms with Crippen molar-refractivity contribution in [1.29, 1.82) is 0 Å². The van der Waals surface area contributed by atoms with Gasteiger partial charge in [-0.2, -0.15) is 0 Å². The van der Waals surface area contributed by atoms with Crippen LogP contribution in [0.15, 0.2) is 22.7 Å². The Balaban J connectivity index is 2.59. The normalized spacial score (nSPS) is 12.2. The molecule has 1 unspecified atom stereocenters. The van der Waals surface area contributed by atoms with Crippen LogP contribution >= 0.6 is 15.9 Å². The van der Waals surface area contributed by atoms with E-state index in [1.165, 1.54) is 0 Å². The van der Waals surface area contributed by atoms with Gasteiger partial charge in [0.05, 0.1) is 6.04 Å². The molecule has 0 bridgehead atoms. The lowest BCUT2D eigenvalue weighted by Gasteiger charge is -2.20. The van der Waals surface area contributed by atoms with E-state index in [2.05, 4.69) is 21.2 Å². The van der Waals surface area contributed by atoms with Crippen molar-refractivity contribution in [3.8, 4) is 5.75 Å². The molecule has 0 fully saturated rings. The van der Waals surface area contributed by atoms with Crippen LogP contribution in [0.5, 0.6) is 5.75 Å². The maximum absolute atomic E-state index is 11.8. The minimum Gasteiger partial charge on any atom is -0.508 e. The van der Waals surface area contributed by atoms with Crippen LogP contribution in [0.4, 0.5) is 0 Å². The molecular formula is C13H19BrN2O2. The number of phenolic OH excluding ortho intramolecular Hbond substituents is 1. The number of nitrogens with zero attached hydrogens (tertiary/aromatic N) is 1. The number of carbonyl (C=O) groups is 1. The Morgan fingerprint density at radius 1 is 1.56 bits per heavy atom. The number of phenols is 1. The van der Waals surface area contributed by atoms with E-state index in [0.717, 1.165) is 10.0 Å². The van der Waals surface area contributed by atoms with E-state index >= 15 is 0 Å². The summed E-state index contributed by atoms with van der Waals surface area (Å²) in [5.74, 6) is 0.279. The number of rotatable bonds is 5. The molecule has 0 aliphatic carbocycles. The number of benzene rings is 1. The van der Waals surface area contributed by atoms with Crippen molar-refractivity contribution in [2.24, 2.45) is 0 Å². The van der Waals surface area contributed by atoms with E-state index in [-0.39, 0.29) is 17.7 Å². The van der Waals surface area contributed by atoms with Crippen LogP contribution in [-0.2, 0) is 11.3 Å². The second-order valence-corrected chi connectivity index (χ2v) is 5.14. The van der Waals surface area contributed by atoms with Gasteiger partial charge in [-0.15, -0.1) is 0 Å². The van der Waals surface area contributed by atoms with Crippen molar-refractivity contribution in [3.63, 3.8) is 0 Å². The molecule has 4 nitrogen and oxygen atoms in total. The third-order valence-electron chi connectivity index (χ3n) is 2.86. The van der Waals surface area contributed by atoms with Crippen LogP contribution in [0.1, 0.15) is 19.4 Å². The zero-order valence-corrected chi connectivity index (χ0v) is 12.5. The number of likely N-dealkylation sites (N-methyl/N-ethyl adjacent to an activating group) is 1. The van der Waals surface area contributed by atoms with Gasteiger partial charge in [-0.1, -0.05) is 15.9 Å². The molecule has 1 aromatic carbocycles. The predicted octanol–water partition coefficient (Wildman–Crippen LogP) is 2.11. The fourth-order valence-electron chi connectivity index (χ4n) is 1.53. The molecular weight excluding hydrogens is 296 g/mol. The lowest BCUT2D eigenvalue weighted by Crippen LogP contribution is -2.42. The Hall–Kier alpha value is -1.07. The highest BCUT2D eigenvalue weighted by Gasteiger charge is 2.16. The molecule has 2 N–H and O–H groups in total. The van der Waals surface area contributed by atoms with E-state index in [4.69, 9.17) is 0 Å². The van der Waals surface area contributed by atoms with Crippen molar-refractivity contribution in [2.45, 2.75) is 26.4 Å². The van der Waals surface area contributed by atoms with Crippen LogP contribution < -0.4 is 5.32 Å². The molecule has 1 atom stereocenters. The van der Waals surface area contributed by atoms with Gasteiger partial charge in [-0.25, -0.2) is 0 Å². The quantitative estimate of drug-likeness (QED) is 0.875. The van der Waals surface area contributed by atoms with Crippen LogP contribution in [0.25, 0.3) is 0 Å². The number of halogens is 1. The summed E-state index contributed by atoms with van der Waals surface area (Å²) < 4.78 is 0.904. The summed E-state index contributed by atoms with van der Waals surface area (Å²) in [5, 5.41) is 12.8. The first-order valence-electron chi connectivity index (χ1n) is 5.91. The second kappa shape index (κ2) is 6.75. The first-order chi connectivity index (χ1) is 8.45. The molecule has 100 valence electrons. The highest BCUT2D eigenvalue weighted by atomic mass is 79.9. The first kappa shape index (κ1) is 15.0. The number of hydrogen-bond acceptors (Lipinski definition) is 3. The van der Waals surface area contributed by atoms with Crippen LogP contribution in [0, 0.1) is 0 Å². The molecule has 5 heteroatoms. The molecule has 1 aromatic rings. The Kier molecular flexibility index (Phi) is 5.62. The van der Waals surface area contributed by atoms with Crippen molar-refractivity contribution in [1.82, 2.24) is 10.2 Å². The number of hydrogen-bond donors (Lipinski definition) is 2. The predicted molar refractivity (Wildman–Crippen MR) is 75.4 cm³/mol. The van der Waals surface area contributed by atoms with Crippen molar-refractivity contribution < 1.29 is 9.90 Å². The number of amides is 1. The highest BCUT2D eigenvalue weighted by Crippen LogP contribution is 2.21. The van der Waals surface area contributed by atoms with E-state index < -0.39 is 0 Å². The third kappa shape index (κ3) is 3.99. The average molecular weight is 315 g/mol. The molecule has 0 aromatic heterocycles. The Labute approximate surface area is 116 Å². The van der Waals surface area contributed by atoms with Crippen molar-refractivity contribution >= 4 is 21.8 Å². The van der Waals surface area contributed by atoms with E-state index in [0.29, 0.717) is 13.1 Å². The van der Waals surface area contributed by atoms with Gasteiger partial charge in [0.25, 0.3) is 0 Å². The molecule has 0 aliphatic heterocycles. The lowest BCUT2D eigenvalue weighted by molar-refractivity contribution is -0.131. The summed E-state index contributed by atoms with van der Waals surface area (Å²) in [5.41, 5.74) is 0.767. The second-order valence-electron chi connectivity index (χ2n) is 4.23. The minimum absolute atomic E-state index is 0.0481.